The number of aromatic nitrogens is 2. The molecule has 4 heterocycles. The van der Waals surface area contributed by atoms with Crippen molar-refractivity contribution >= 4 is 23.5 Å². The molecule has 1 aliphatic carbocycles. The van der Waals surface area contributed by atoms with Crippen molar-refractivity contribution in [1.82, 2.24) is 19.8 Å². The highest BCUT2D eigenvalue weighted by Gasteiger charge is 2.41. The van der Waals surface area contributed by atoms with Gasteiger partial charge in [0, 0.05) is 48.2 Å². The fourth-order valence-corrected chi connectivity index (χ4v) is 8.70. The van der Waals surface area contributed by atoms with Crippen molar-refractivity contribution in [3.8, 4) is 12.1 Å². The third-order valence-electron chi connectivity index (χ3n) is 9.56. The first-order chi connectivity index (χ1) is 19.9. The molecule has 4 aliphatic rings. The number of fused-ring (bicyclic) bond motifs is 2. The Hall–Kier alpha value is -3.09. The molecule has 1 aromatic heterocycles. The van der Waals surface area contributed by atoms with E-state index in [1.165, 1.54) is 34.8 Å². The van der Waals surface area contributed by atoms with Crippen molar-refractivity contribution in [3.63, 3.8) is 0 Å². The molecular formula is C32H40N6O2S. The monoisotopic (exact) mass is 572 g/mol. The molecule has 1 spiro atoms. The first-order valence-corrected chi connectivity index (χ1v) is 15.9. The van der Waals surface area contributed by atoms with Gasteiger partial charge in [-0.25, -0.2) is 0 Å². The molecule has 1 aromatic carbocycles. The molecule has 2 aromatic rings. The molecule has 9 heteroatoms. The summed E-state index contributed by atoms with van der Waals surface area (Å²) in [6.45, 7) is 9.32. The Morgan fingerprint density at radius 3 is 2.90 bits per heavy atom. The van der Waals surface area contributed by atoms with Gasteiger partial charge in [-0.2, -0.15) is 15.2 Å². The lowest BCUT2D eigenvalue weighted by molar-refractivity contribution is -0.128. The van der Waals surface area contributed by atoms with Gasteiger partial charge in [0.2, 0.25) is 5.91 Å². The maximum Gasteiger partial charge on any atom is 0.318 e. The van der Waals surface area contributed by atoms with Crippen LogP contribution in [-0.2, 0) is 29.8 Å². The van der Waals surface area contributed by atoms with E-state index in [-0.39, 0.29) is 23.1 Å². The summed E-state index contributed by atoms with van der Waals surface area (Å²) in [4.78, 5) is 29.0. The highest BCUT2D eigenvalue weighted by molar-refractivity contribution is 8.00. The minimum Gasteiger partial charge on any atom is -0.462 e. The van der Waals surface area contributed by atoms with Gasteiger partial charge in [0.15, 0.2) is 0 Å². The molecule has 0 N–H and O–H groups in total. The molecule has 0 bridgehead atoms. The fourth-order valence-electron chi connectivity index (χ4n) is 7.10. The van der Waals surface area contributed by atoms with E-state index in [0.717, 1.165) is 55.9 Å². The highest BCUT2D eigenvalue weighted by Crippen LogP contribution is 2.48. The average molecular weight is 573 g/mol. The minimum absolute atomic E-state index is 0.119. The molecule has 0 radical (unpaired) electrons. The number of carbonyl (C=O) groups excluding carboxylic acids is 1. The number of nitriles is 1. The lowest BCUT2D eigenvalue weighted by atomic mass is 9.80. The lowest BCUT2D eigenvalue weighted by Crippen LogP contribution is -2.55. The Morgan fingerprint density at radius 2 is 2.12 bits per heavy atom. The van der Waals surface area contributed by atoms with Crippen LogP contribution in [0.4, 0.5) is 5.82 Å². The molecule has 3 atom stereocenters. The Morgan fingerprint density at radius 1 is 1.24 bits per heavy atom. The van der Waals surface area contributed by atoms with Crippen molar-refractivity contribution in [3.05, 3.63) is 58.8 Å². The van der Waals surface area contributed by atoms with Gasteiger partial charge in [-0.05, 0) is 75.4 Å². The molecule has 2 fully saturated rings. The summed E-state index contributed by atoms with van der Waals surface area (Å²) >= 11 is 2.09. The third kappa shape index (κ3) is 5.56. The first kappa shape index (κ1) is 28.0. The number of nitrogens with zero attached hydrogens (tertiary/aromatic N) is 6. The zero-order chi connectivity index (χ0) is 28.6. The number of ether oxygens (including phenoxy) is 1. The fraction of sp³-hybridized carbons (Fsp3) is 0.562. The van der Waals surface area contributed by atoms with Crippen molar-refractivity contribution in [2.45, 2.75) is 74.5 Å². The number of amides is 1. The SMILES string of the molecule is C=CC(=O)N1CCN(c2nc(OCC3CCCN3C)nc3c2CC[C@]2(Cc4cccc(C)c4CS2)C3)CC1CC#N. The van der Waals surface area contributed by atoms with Crippen LogP contribution in [-0.4, -0.2) is 82.3 Å². The smallest absolute Gasteiger partial charge is 0.318 e. The second-order valence-corrected chi connectivity index (χ2v) is 13.5. The van der Waals surface area contributed by atoms with E-state index in [1.807, 2.05) is 0 Å². The normalized spacial score (nSPS) is 25.9. The molecular weight excluding hydrogens is 532 g/mol. The van der Waals surface area contributed by atoms with Crippen molar-refractivity contribution < 1.29 is 9.53 Å². The number of benzene rings is 1. The van der Waals surface area contributed by atoms with E-state index in [4.69, 9.17) is 14.7 Å². The summed E-state index contributed by atoms with van der Waals surface area (Å²) in [6.07, 6.45) is 7.89. The van der Waals surface area contributed by atoms with E-state index in [9.17, 15) is 10.1 Å². The van der Waals surface area contributed by atoms with Crippen LogP contribution in [0, 0.1) is 18.3 Å². The van der Waals surface area contributed by atoms with Crippen molar-refractivity contribution in [2.24, 2.45) is 0 Å². The van der Waals surface area contributed by atoms with Crippen LogP contribution in [0.5, 0.6) is 6.01 Å². The molecule has 8 nitrogen and oxygen atoms in total. The maximum atomic E-state index is 12.5. The standard InChI is InChI=1S/C32H40N6O2S/c1-4-29(39)38-16-15-37(19-24(38)11-13-33)30-26-10-12-32(17-23-8-5-7-22(2)27(23)21-41-32)18-28(26)34-31(35-30)40-20-25-9-6-14-36(25)3/h4-5,7-8,24-25H,1,6,9-12,14-21H2,2-3H3/t24?,25?,32-/m0/s1. The summed E-state index contributed by atoms with van der Waals surface area (Å²) in [5, 5.41) is 9.52. The second kappa shape index (κ2) is 11.7. The predicted molar refractivity (Wildman–Crippen MR) is 162 cm³/mol. The minimum atomic E-state index is -0.204. The lowest BCUT2D eigenvalue weighted by Gasteiger charge is -2.44. The van der Waals surface area contributed by atoms with E-state index < -0.39 is 0 Å². The molecule has 2 saturated heterocycles. The highest BCUT2D eigenvalue weighted by atomic mass is 32.2. The van der Waals surface area contributed by atoms with Crippen LogP contribution in [0.2, 0.25) is 0 Å². The Balaban J connectivity index is 1.31. The number of hydrogen-bond acceptors (Lipinski definition) is 8. The van der Waals surface area contributed by atoms with Gasteiger partial charge in [-0.1, -0.05) is 24.8 Å². The van der Waals surface area contributed by atoms with Gasteiger partial charge >= 0.3 is 6.01 Å². The van der Waals surface area contributed by atoms with Gasteiger partial charge in [-0.15, -0.1) is 11.8 Å². The van der Waals surface area contributed by atoms with E-state index in [2.05, 4.69) is 66.4 Å². The number of hydrogen-bond donors (Lipinski definition) is 0. The zero-order valence-corrected chi connectivity index (χ0v) is 25.1. The van der Waals surface area contributed by atoms with Crippen molar-refractivity contribution in [2.75, 3.05) is 44.7 Å². The number of thioether (sulfide) groups is 1. The number of aryl methyl sites for hydroxylation is 1. The largest absolute Gasteiger partial charge is 0.462 e. The molecule has 2 unspecified atom stereocenters. The van der Waals surface area contributed by atoms with Crippen LogP contribution in [0.15, 0.2) is 30.9 Å². The van der Waals surface area contributed by atoms with Crippen LogP contribution < -0.4 is 9.64 Å². The summed E-state index contributed by atoms with van der Waals surface area (Å²) < 4.78 is 6.46. The predicted octanol–water partition coefficient (Wildman–Crippen LogP) is 4.09. The second-order valence-electron chi connectivity index (χ2n) is 12.1. The van der Waals surface area contributed by atoms with Gasteiger partial charge in [0.1, 0.15) is 12.4 Å². The van der Waals surface area contributed by atoms with Gasteiger partial charge in [0.25, 0.3) is 0 Å². The number of likely N-dealkylation sites (tertiary alicyclic amines) is 1. The zero-order valence-electron chi connectivity index (χ0n) is 24.3. The maximum absolute atomic E-state index is 12.5. The molecule has 216 valence electrons. The van der Waals surface area contributed by atoms with E-state index in [1.54, 1.807) is 4.90 Å². The molecule has 3 aliphatic heterocycles. The van der Waals surface area contributed by atoms with E-state index in [0.29, 0.717) is 38.3 Å². The number of piperazine rings is 1. The van der Waals surface area contributed by atoms with Gasteiger partial charge in [0.05, 0.1) is 24.2 Å². The summed E-state index contributed by atoms with van der Waals surface area (Å²) in [5.74, 6) is 1.85. The Labute approximate surface area is 247 Å². The number of anilines is 1. The van der Waals surface area contributed by atoms with Gasteiger partial charge in [-0.3, -0.25) is 4.79 Å². The number of likely N-dealkylation sites (N-methyl/N-ethyl adjacent to an activating group) is 1. The quantitative estimate of drug-likeness (QED) is 0.479. The Bertz CT molecular complexity index is 1370. The van der Waals surface area contributed by atoms with Crippen molar-refractivity contribution in [1.29, 1.82) is 5.26 Å². The summed E-state index contributed by atoms with van der Waals surface area (Å²) in [6, 6.07) is 9.62. The summed E-state index contributed by atoms with van der Waals surface area (Å²) in [7, 11) is 2.16. The first-order valence-electron chi connectivity index (χ1n) is 14.9. The Kier molecular flexibility index (Phi) is 7.97. The van der Waals surface area contributed by atoms with Crippen LogP contribution in [0.1, 0.15) is 53.6 Å². The number of carbonyl (C=O) groups is 1. The van der Waals surface area contributed by atoms with Crippen LogP contribution in [0.3, 0.4) is 0 Å². The number of rotatable bonds is 6. The van der Waals surface area contributed by atoms with E-state index >= 15 is 0 Å². The molecule has 41 heavy (non-hydrogen) atoms. The van der Waals surface area contributed by atoms with Crippen LogP contribution in [0.25, 0.3) is 0 Å². The molecule has 0 saturated carbocycles. The van der Waals surface area contributed by atoms with Gasteiger partial charge < -0.3 is 19.4 Å². The third-order valence-corrected chi connectivity index (χ3v) is 11.1. The summed E-state index contributed by atoms with van der Waals surface area (Å²) in [5.41, 5.74) is 6.66. The molecule has 1 amide bonds. The van der Waals surface area contributed by atoms with Crippen LogP contribution >= 0.6 is 11.8 Å². The molecule has 6 rings (SSSR count). The topological polar surface area (TPSA) is 85.6 Å². The average Bonchev–Trinajstić information content (AvgIpc) is 3.39.